The number of nitrogens with zero attached hydrogens (tertiary/aromatic N) is 1. The van der Waals surface area contributed by atoms with Gasteiger partial charge in [-0.3, -0.25) is 4.90 Å². The highest BCUT2D eigenvalue weighted by Gasteiger charge is 2.31. The number of likely N-dealkylation sites (N-methyl/N-ethyl adjacent to an activating group) is 1. The van der Waals surface area contributed by atoms with E-state index in [4.69, 9.17) is 4.74 Å². The van der Waals surface area contributed by atoms with Crippen LogP contribution in [0.15, 0.2) is 24.3 Å². The van der Waals surface area contributed by atoms with Crippen molar-refractivity contribution >= 4 is 0 Å². The summed E-state index contributed by atoms with van der Waals surface area (Å²) in [4.78, 5) is 2.69. The Balaban J connectivity index is 2.16. The van der Waals surface area contributed by atoms with Crippen molar-refractivity contribution in [2.75, 3.05) is 20.2 Å². The van der Waals surface area contributed by atoms with Crippen LogP contribution < -0.4 is 10.1 Å². The van der Waals surface area contributed by atoms with Gasteiger partial charge in [0.25, 0.3) is 0 Å². The van der Waals surface area contributed by atoms with Crippen LogP contribution in [-0.4, -0.2) is 37.2 Å². The van der Waals surface area contributed by atoms with Crippen LogP contribution in [0, 0.1) is 0 Å². The number of likely N-dealkylation sites (tertiary alicyclic amines) is 1. The highest BCUT2D eigenvalue weighted by molar-refractivity contribution is 5.30. The molecule has 1 saturated heterocycles. The summed E-state index contributed by atoms with van der Waals surface area (Å²) < 4.78 is 5.27. The third-order valence-corrected chi connectivity index (χ3v) is 4.80. The van der Waals surface area contributed by atoms with Crippen LogP contribution in [0.1, 0.15) is 51.6 Å². The van der Waals surface area contributed by atoms with Crippen LogP contribution in [-0.2, 0) is 0 Å². The van der Waals surface area contributed by atoms with E-state index in [9.17, 15) is 0 Å². The van der Waals surface area contributed by atoms with Gasteiger partial charge in [-0.15, -0.1) is 0 Å². The normalized spacial score (nSPS) is 22.2. The van der Waals surface area contributed by atoms with Crippen LogP contribution in [0.25, 0.3) is 0 Å². The number of rotatable bonds is 7. The first-order chi connectivity index (χ1) is 10.2. The van der Waals surface area contributed by atoms with Crippen LogP contribution >= 0.6 is 0 Å². The molecule has 118 valence electrons. The summed E-state index contributed by atoms with van der Waals surface area (Å²) in [5.74, 6) is 0.925. The molecule has 0 radical (unpaired) electrons. The van der Waals surface area contributed by atoms with Gasteiger partial charge < -0.3 is 10.1 Å². The van der Waals surface area contributed by atoms with Crippen molar-refractivity contribution in [3.8, 4) is 5.75 Å². The second kappa shape index (κ2) is 7.81. The minimum Gasteiger partial charge on any atom is -0.497 e. The van der Waals surface area contributed by atoms with Gasteiger partial charge in [0.2, 0.25) is 0 Å². The molecule has 0 aromatic heterocycles. The molecule has 1 aromatic rings. The lowest BCUT2D eigenvalue weighted by atomic mass is 9.98. The SMILES string of the molecule is CCNC(c1ccc(OC)cc1)C(C)N1CCCC1CC. The number of hydrogen-bond acceptors (Lipinski definition) is 3. The van der Waals surface area contributed by atoms with Crippen molar-refractivity contribution in [2.24, 2.45) is 0 Å². The maximum atomic E-state index is 5.27. The fraction of sp³-hybridized carbons (Fsp3) is 0.667. The second-order valence-corrected chi connectivity index (χ2v) is 5.99. The maximum absolute atomic E-state index is 5.27. The van der Waals surface area contributed by atoms with Gasteiger partial charge in [0.05, 0.1) is 7.11 Å². The molecule has 0 bridgehead atoms. The Bertz CT molecular complexity index is 418. The van der Waals surface area contributed by atoms with Crippen LogP contribution in [0.4, 0.5) is 0 Å². The molecule has 2 rings (SSSR count). The maximum Gasteiger partial charge on any atom is 0.118 e. The van der Waals surface area contributed by atoms with Crippen LogP contribution in [0.2, 0.25) is 0 Å². The van der Waals surface area contributed by atoms with Crippen molar-refractivity contribution in [1.82, 2.24) is 10.2 Å². The summed E-state index contributed by atoms with van der Waals surface area (Å²) >= 11 is 0. The lowest BCUT2D eigenvalue weighted by Crippen LogP contribution is -2.45. The predicted molar refractivity (Wildman–Crippen MR) is 88.9 cm³/mol. The Morgan fingerprint density at radius 3 is 2.57 bits per heavy atom. The Hall–Kier alpha value is -1.06. The lowest BCUT2D eigenvalue weighted by Gasteiger charge is -2.36. The summed E-state index contributed by atoms with van der Waals surface area (Å²) in [6.45, 7) is 9.09. The monoisotopic (exact) mass is 290 g/mol. The number of benzene rings is 1. The fourth-order valence-corrected chi connectivity index (χ4v) is 3.62. The summed E-state index contributed by atoms with van der Waals surface area (Å²) in [5, 5.41) is 3.68. The minimum absolute atomic E-state index is 0.382. The van der Waals surface area contributed by atoms with Crippen molar-refractivity contribution < 1.29 is 4.74 Å². The molecular weight excluding hydrogens is 260 g/mol. The molecule has 3 heteroatoms. The van der Waals surface area contributed by atoms with Crippen LogP contribution in [0.5, 0.6) is 5.75 Å². The average Bonchev–Trinajstić information content (AvgIpc) is 3.00. The summed E-state index contributed by atoms with van der Waals surface area (Å²) in [5.41, 5.74) is 1.35. The number of hydrogen-bond donors (Lipinski definition) is 1. The van der Waals surface area contributed by atoms with E-state index in [1.807, 2.05) is 0 Å². The highest BCUT2D eigenvalue weighted by atomic mass is 16.5. The molecule has 1 heterocycles. The molecule has 1 aromatic carbocycles. The van der Waals surface area contributed by atoms with E-state index in [1.165, 1.54) is 31.4 Å². The molecule has 0 saturated carbocycles. The van der Waals surface area contributed by atoms with Gasteiger partial charge in [-0.25, -0.2) is 0 Å². The molecule has 3 atom stereocenters. The van der Waals surface area contributed by atoms with Gasteiger partial charge in [0.15, 0.2) is 0 Å². The topological polar surface area (TPSA) is 24.5 Å². The van der Waals surface area contributed by atoms with Gasteiger partial charge in [-0.1, -0.05) is 26.0 Å². The van der Waals surface area contributed by atoms with Crippen LogP contribution in [0.3, 0.4) is 0 Å². The number of nitrogens with one attached hydrogen (secondary N) is 1. The lowest BCUT2D eigenvalue weighted by molar-refractivity contribution is 0.152. The van der Waals surface area contributed by atoms with Gasteiger partial charge in [0.1, 0.15) is 5.75 Å². The molecule has 0 spiro atoms. The van der Waals surface area contributed by atoms with Gasteiger partial charge in [-0.05, 0) is 57.0 Å². The van der Waals surface area contributed by atoms with Gasteiger partial charge >= 0.3 is 0 Å². The Labute approximate surface area is 129 Å². The molecule has 0 aliphatic carbocycles. The zero-order chi connectivity index (χ0) is 15.2. The number of ether oxygens (including phenoxy) is 1. The standard InChI is InChI=1S/C18H30N2O/c1-5-16-8-7-13-20(16)14(3)18(19-6-2)15-9-11-17(21-4)12-10-15/h9-12,14,16,18-19H,5-8,13H2,1-4H3. The van der Waals surface area contributed by atoms with E-state index in [1.54, 1.807) is 7.11 Å². The first kappa shape index (κ1) is 16.3. The molecular formula is C18H30N2O. The highest BCUT2D eigenvalue weighted by Crippen LogP contribution is 2.29. The van der Waals surface area contributed by atoms with E-state index in [2.05, 4.69) is 55.3 Å². The Kier molecular flexibility index (Phi) is 6.07. The molecule has 0 amide bonds. The molecule has 1 N–H and O–H groups in total. The van der Waals surface area contributed by atoms with E-state index in [-0.39, 0.29) is 0 Å². The Morgan fingerprint density at radius 1 is 1.29 bits per heavy atom. The molecule has 1 fully saturated rings. The first-order valence-corrected chi connectivity index (χ1v) is 8.34. The van der Waals surface area contributed by atoms with E-state index >= 15 is 0 Å². The largest absolute Gasteiger partial charge is 0.497 e. The molecule has 1 aliphatic heterocycles. The third-order valence-electron chi connectivity index (χ3n) is 4.80. The summed E-state index contributed by atoms with van der Waals surface area (Å²) in [6, 6.07) is 10.2. The van der Waals surface area contributed by atoms with Crippen molar-refractivity contribution in [3.05, 3.63) is 29.8 Å². The Morgan fingerprint density at radius 2 is 2.00 bits per heavy atom. The first-order valence-electron chi connectivity index (χ1n) is 8.34. The quantitative estimate of drug-likeness (QED) is 0.830. The molecule has 3 unspecified atom stereocenters. The predicted octanol–water partition coefficient (Wildman–Crippen LogP) is 3.61. The third kappa shape index (κ3) is 3.78. The zero-order valence-corrected chi connectivity index (χ0v) is 13.9. The van der Waals surface area contributed by atoms with Gasteiger partial charge in [-0.2, -0.15) is 0 Å². The molecule has 3 nitrogen and oxygen atoms in total. The van der Waals surface area contributed by atoms with Crippen molar-refractivity contribution in [1.29, 1.82) is 0 Å². The molecule has 21 heavy (non-hydrogen) atoms. The van der Waals surface area contributed by atoms with E-state index < -0.39 is 0 Å². The molecule has 1 aliphatic rings. The smallest absolute Gasteiger partial charge is 0.118 e. The fourth-order valence-electron chi connectivity index (χ4n) is 3.62. The average molecular weight is 290 g/mol. The second-order valence-electron chi connectivity index (χ2n) is 5.99. The summed E-state index contributed by atoms with van der Waals surface area (Å²) in [6.07, 6.45) is 3.94. The van der Waals surface area contributed by atoms with Crippen molar-refractivity contribution in [2.45, 2.75) is 58.2 Å². The minimum atomic E-state index is 0.382. The summed E-state index contributed by atoms with van der Waals surface area (Å²) in [7, 11) is 1.72. The number of methoxy groups -OCH3 is 1. The zero-order valence-electron chi connectivity index (χ0n) is 13.9. The van der Waals surface area contributed by atoms with E-state index in [0.717, 1.165) is 18.3 Å². The van der Waals surface area contributed by atoms with E-state index in [0.29, 0.717) is 12.1 Å². The van der Waals surface area contributed by atoms with Crippen molar-refractivity contribution in [3.63, 3.8) is 0 Å². The van der Waals surface area contributed by atoms with Gasteiger partial charge in [0, 0.05) is 18.1 Å².